The van der Waals surface area contributed by atoms with Gasteiger partial charge >= 0.3 is 5.97 Å². The molecule has 1 aromatic rings. The molecule has 184 valence electrons. The van der Waals surface area contributed by atoms with Crippen LogP contribution in [0.15, 0.2) is 36.4 Å². The van der Waals surface area contributed by atoms with Crippen LogP contribution in [0.4, 0.5) is 0 Å². The summed E-state index contributed by atoms with van der Waals surface area (Å²) in [5.74, 6) is -2.30. The van der Waals surface area contributed by atoms with Crippen molar-refractivity contribution in [1.29, 1.82) is 0 Å². The summed E-state index contributed by atoms with van der Waals surface area (Å²) in [7, 11) is 0. The minimum absolute atomic E-state index is 0.0177. The van der Waals surface area contributed by atoms with E-state index in [0.717, 1.165) is 5.56 Å². The minimum Gasteiger partial charge on any atom is -0.457 e. The van der Waals surface area contributed by atoms with E-state index in [1.807, 2.05) is 50.3 Å². The highest BCUT2D eigenvalue weighted by molar-refractivity contribution is 5.83. The van der Waals surface area contributed by atoms with Gasteiger partial charge in [0.05, 0.1) is 18.1 Å². The SMILES string of the molecule is CC1CC(C)C(C)C(C)C(O)C(C)C(=O)OC(/C=C/c2ccccc2)C(C)C(O)C(C)C1=O. The molecule has 0 amide bonds. The first-order chi connectivity index (χ1) is 15.5. The molecule has 33 heavy (non-hydrogen) atoms. The van der Waals surface area contributed by atoms with Gasteiger partial charge in [-0.25, -0.2) is 0 Å². The van der Waals surface area contributed by atoms with E-state index in [4.69, 9.17) is 4.74 Å². The van der Waals surface area contributed by atoms with Crippen LogP contribution in [0.1, 0.15) is 60.5 Å². The molecule has 0 aromatic heterocycles. The number of hydrogen-bond donors (Lipinski definition) is 2. The molecule has 1 aliphatic rings. The predicted octanol–water partition coefficient (Wildman–Crippen LogP) is 4.76. The number of cyclic esters (lactones) is 1. The molecule has 10 atom stereocenters. The zero-order valence-corrected chi connectivity index (χ0v) is 21.1. The van der Waals surface area contributed by atoms with Gasteiger partial charge in [0.1, 0.15) is 11.9 Å². The molecular weight excluding hydrogens is 416 g/mol. The van der Waals surface area contributed by atoms with Gasteiger partial charge in [-0.05, 0) is 42.7 Å². The number of carbonyl (C=O) groups excluding carboxylic acids is 2. The molecule has 1 fully saturated rings. The summed E-state index contributed by atoms with van der Waals surface area (Å²) < 4.78 is 5.85. The maximum Gasteiger partial charge on any atom is 0.311 e. The predicted molar refractivity (Wildman–Crippen MR) is 131 cm³/mol. The molecule has 1 saturated heterocycles. The average molecular weight is 459 g/mol. The molecule has 5 nitrogen and oxygen atoms in total. The quantitative estimate of drug-likeness (QED) is 0.625. The third kappa shape index (κ3) is 6.77. The highest BCUT2D eigenvalue weighted by Crippen LogP contribution is 2.33. The summed E-state index contributed by atoms with van der Waals surface area (Å²) in [6.45, 7) is 13.3. The summed E-state index contributed by atoms with van der Waals surface area (Å²) in [6.07, 6.45) is 1.74. The van der Waals surface area contributed by atoms with Gasteiger partial charge in [0, 0.05) is 17.8 Å². The van der Waals surface area contributed by atoms with Gasteiger partial charge < -0.3 is 14.9 Å². The van der Waals surface area contributed by atoms with E-state index in [-0.39, 0.29) is 29.5 Å². The molecule has 0 aliphatic carbocycles. The number of aliphatic hydroxyl groups excluding tert-OH is 2. The van der Waals surface area contributed by atoms with Gasteiger partial charge in [-0.15, -0.1) is 0 Å². The molecule has 1 aliphatic heterocycles. The lowest BCUT2D eigenvalue weighted by Gasteiger charge is -2.36. The Bertz CT molecular complexity index is 804. The molecule has 2 rings (SSSR count). The zero-order valence-electron chi connectivity index (χ0n) is 21.1. The van der Waals surface area contributed by atoms with E-state index in [1.54, 1.807) is 26.8 Å². The van der Waals surface area contributed by atoms with Crippen LogP contribution in [-0.4, -0.2) is 40.3 Å². The van der Waals surface area contributed by atoms with Gasteiger partial charge in [0.25, 0.3) is 0 Å². The van der Waals surface area contributed by atoms with Crippen molar-refractivity contribution in [2.45, 2.75) is 73.2 Å². The molecule has 1 aromatic carbocycles. The number of hydrogen-bond acceptors (Lipinski definition) is 5. The first kappa shape index (κ1) is 27.3. The molecule has 0 saturated carbocycles. The largest absolute Gasteiger partial charge is 0.457 e. The molecule has 2 N–H and O–H groups in total. The fraction of sp³-hybridized carbons (Fsp3) is 0.643. The van der Waals surface area contributed by atoms with Crippen molar-refractivity contribution < 1.29 is 24.5 Å². The fourth-order valence-corrected chi connectivity index (χ4v) is 4.91. The summed E-state index contributed by atoms with van der Waals surface area (Å²) in [5, 5.41) is 22.0. The Morgan fingerprint density at radius 3 is 2.00 bits per heavy atom. The lowest BCUT2D eigenvalue weighted by Crippen LogP contribution is -2.43. The van der Waals surface area contributed by atoms with Crippen LogP contribution < -0.4 is 0 Å². The summed E-state index contributed by atoms with van der Waals surface area (Å²) in [6, 6.07) is 9.63. The highest BCUT2D eigenvalue weighted by Gasteiger charge is 2.39. The second-order valence-electron chi connectivity index (χ2n) is 10.3. The van der Waals surface area contributed by atoms with Crippen LogP contribution in [0, 0.1) is 41.4 Å². The number of rotatable bonds is 2. The van der Waals surface area contributed by atoms with Crippen LogP contribution in [0.2, 0.25) is 0 Å². The number of esters is 1. The number of benzene rings is 1. The summed E-state index contributed by atoms with van der Waals surface area (Å²) in [5.41, 5.74) is 0.942. The second kappa shape index (κ2) is 11.9. The second-order valence-corrected chi connectivity index (χ2v) is 10.3. The van der Waals surface area contributed by atoms with Crippen LogP contribution in [0.5, 0.6) is 0 Å². The van der Waals surface area contributed by atoms with Gasteiger partial charge in [-0.2, -0.15) is 0 Å². The lowest BCUT2D eigenvalue weighted by molar-refractivity contribution is -0.161. The van der Waals surface area contributed by atoms with Crippen molar-refractivity contribution in [3.8, 4) is 0 Å². The van der Waals surface area contributed by atoms with Crippen molar-refractivity contribution in [3.63, 3.8) is 0 Å². The minimum atomic E-state index is -0.965. The van der Waals surface area contributed by atoms with E-state index in [1.165, 1.54) is 0 Å². The molecule has 10 unspecified atom stereocenters. The number of ether oxygens (including phenoxy) is 1. The third-order valence-corrected chi connectivity index (χ3v) is 7.91. The number of ketones is 1. The van der Waals surface area contributed by atoms with Crippen molar-refractivity contribution in [2.24, 2.45) is 41.4 Å². The van der Waals surface area contributed by atoms with Crippen molar-refractivity contribution >= 4 is 17.8 Å². The molecule has 0 bridgehead atoms. The molecule has 1 heterocycles. The maximum absolute atomic E-state index is 13.1. The Morgan fingerprint density at radius 2 is 1.39 bits per heavy atom. The smallest absolute Gasteiger partial charge is 0.311 e. The average Bonchev–Trinajstić information content (AvgIpc) is 2.82. The molecular formula is C28H42O5. The molecule has 0 radical (unpaired) electrons. The monoisotopic (exact) mass is 458 g/mol. The third-order valence-electron chi connectivity index (χ3n) is 7.91. The zero-order chi connectivity index (χ0) is 24.9. The van der Waals surface area contributed by atoms with Crippen LogP contribution in [-0.2, 0) is 14.3 Å². The number of carbonyl (C=O) groups is 2. The van der Waals surface area contributed by atoms with Crippen LogP contribution >= 0.6 is 0 Å². The van der Waals surface area contributed by atoms with E-state index in [2.05, 4.69) is 13.8 Å². The first-order valence-electron chi connectivity index (χ1n) is 12.3. The Morgan fingerprint density at radius 1 is 0.818 bits per heavy atom. The Kier molecular flexibility index (Phi) is 9.86. The van der Waals surface area contributed by atoms with Crippen molar-refractivity contribution in [1.82, 2.24) is 0 Å². The number of aliphatic hydroxyl groups is 2. The molecule has 5 heteroatoms. The molecule has 0 spiro atoms. The topological polar surface area (TPSA) is 83.8 Å². The summed E-state index contributed by atoms with van der Waals surface area (Å²) in [4.78, 5) is 26.2. The van der Waals surface area contributed by atoms with Crippen LogP contribution in [0.3, 0.4) is 0 Å². The number of Topliss-reactive ketones (excluding diaryl/α,β-unsaturated/α-hetero) is 1. The van der Waals surface area contributed by atoms with Gasteiger partial charge in [0.15, 0.2) is 0 Å². The van der Waals surface area contributed by atoms with E-state index < -0.39 is 42.0 Å². The van der Waals surface area contributed by atoms with Gasteiger partial charge in [-0.1, -0.05) is 78.0 Å². The fourth-order valence-electron chi connectivity index (χ4n) is 4.91. The lowest BCUT2D eigenvalue weighted by atomic mass is 9.73. The maximum atomic E-state index is 13.1. The van der Waals surface area contributed by atoms with Crippen molar-refractivity contribution in [3.05, 3.63) is 42.0 Å². The Hall–Kier alpha value is -1.98. The van der Waals surface area contributed by atoms with E-state index in [9.17, 15) is 19.8 Å². The standard InChI is InChI=1S/C28H42O5/c1-16-15-17(2)25(29)21(6)27(31)20(5)24(14-13-23-11-9-8-10-12-23)33-28(32)22(7)26(30)19(4)18(16)3/h8-14,16-22,24,26-27,30-31H,15H2,1-7H3/b14-13+. The Balaban J connectivity index is 2.41. The van der Waals surface area contributed by atoms with E-state index in [0.29, 0.717) is 6.42 Å². The highest BCUT2D eigenvalue weighted by atomic mass is 16.5. The summed E-state index contributed by atoms with van der Waals surface area (Å²) >= 11 is 0. The van der Waals surface area contributed by atoms with Crippen LogP contribution in [0.25, 0.3) is 6.08 Å². The Labute approximate surface area is 199 Å². The van der Waals surface area contributed by atoms with Crippen molar-refractivity contribution in [2.75, 3.05) is 0 Å². The van der Waals surface area contributed by atoms with Gasteiger partial charge in [-0.3, -0.25) is 9.59 Å². The normalized spacial score (nSPS) is 39.8. The van der Waals surface area contributed by atoms with E-state index >= 15 is 0 Å². The first-order valence-corrected chi connectivity index (χ1v) is 12.3. The van der Waals surface area contributed by atoms with Gasteiger partial charge in [0.2, 0.25) is 0 Å².